The summed E-state index contributed by atoms with van der Waals surface area (Å²) in [5, 5.41) is 9.78. The van der Waals surface area contributed by atoms with Crippen LogP contribution in [0.3, 0.4) is 0 Å². The van der Waals surface area contributed by atoms with Gasteiger partial charge in [0.1, 0.15) is 17.3 Å². The molecule has 0 saturated heterocycles. The Morgan fingerprint density at radius 3 is 2.60 bits per heavy atom. The van der Waals surface area contributed by atoms with E-state index < -0.39 is 0 Å². The van der Waals surface area contributed by atoms with Gasteiger partial charge in [-0.25, -0.2) is 9.37 Å². The SMILES string of the molecule is CCn1c(Sc2nccc(Oc3ccc(F)cc3)n2)nnc1-c1ccccc1OC. The summed E-state index contributed by atoms with van der Waals surface area (Å²) in [4.78, 5) is 8.69. The van der Waals surface area contributed by atoms with Crippen LogP contribution in [0.2, 0.25) is 0 Å². The molecule has 0 atom stereocenters. The number of hydrogen-bond acceptors (Lipinski definition) is 7. The van der Waals surface area contributed by atoms with Crippen molar-refractivity contribution in [3.05, 3.63) is 66.6 Å². The number of benzene rings is 2. The first-order valence-electron chi connectivity index (χ1n) is 9.19. The molecule has 2 aromatic heterocycles. The van der Waals surface area contributed by atoms with E-state index in [1.54, 1.807) is 19.4 Å². The van der Waals surface area contributed by atoms with E-state index in [1.165, 1.54) is 36.0 Å². The molecule has 0 bridgehead atoms. The lowest BCUT2D eigenvalue weighted by Gasteiger charge is -2.10. The molecule has 0 amide bonds. The summed E-state index contributed by atoms with van der Waals surface area (Å²) in [6, 6.07) is 15.0. The van der Waals surface area contributed by atoms with Gasteiger partial charge in [0, 0.05) is 18.8 Å². The average molecular weight is 423 g/mol. The Balaban J connectivity index is 1.59. The molecule has 0 aliphatic rings. The van der Waals surface area contributed by atoms with E-state index >= 15 is 0 Å². The van der Waals surface area contributed by atoms with E-state index in [-0.39, 0.29) is 5.82 Å². The summed E-state index contributed by atoms with van der Waals surface area (Å²) in [7, 11) is 1.63. The number of para-hydroxylation sites is 1. The number of ether oxygens (including phenoxy) is 2. The number of halogens is 1. The Hall–Kier alpha value is -3.46. The van der Waals surface area contributed by atoms with Gasteiger partial charge in [-0.15, -0.1) is 10.2 Å². The minimum absolute atomic E-state index is 0.328. The molecule has 2 aromatic carbocycles. The number of hydrogen-bond donors (Lipinski definition) is 0. The summed E-state index contributed by atoms with van der Waals surface area (Å²) in [5.41, 5.74) is 0.857. The Morgan fingerprint density at radius 2 is 1.83 bits per heavy atom. The number of aromatic nitrogens is 5. The second-order valence-electron chi connectivity index (χ2n) is 6.09. The second kappa shape index (κ2) is 8.91. The van der Waals surface area contributed by atoms with Crippen LogP contribution in [0.4, 0.5) is 4.39 Å². The molecule has 0 aliphatic carbocycles. The third-order valence-corrected chi connectivity index (χ3v) is 5.07. The van der Waals surface area contributed by atoms with Gasteiger partial charge in [-0.1, -0.05) is 12.1 Å². The maximum Gasteiger partial charge on any atom is 0.223 e. The van der Waals surface area contributed by atoms with Crippen LogP contribution in [0.25, 0.3) is 11.4 Å². The van der Waals surface area contributed by atoms with Crippen molar-refractivity contribution in [3.8, 4) is 28.8 Å². The zero-order valence-electron chi connectivity index (χ0n) is 16.3. The quantitative estimate of drug-likeness (QED) is 0.394. The molecule has 30 heavy (non-hydrogen) atoms. The first-order chi connectivity index (χ1) is 14.7. The van der Waals surface area contributed by atoms with Crippen molar-refractivity contribution < 1.29 is 13.9 Å². The standard InChI is InChI=1S/C21H18FN5O2S/c1-3-27-19(16-6-4-5-7-17(16)28-2)25-26-21(27)30-20-23-13-12-18(24-20)29-15-10-8-14(22)9-11-15/h4-13H,3H2,1-2H3. The van der Waals surface area contributed by atoms with Gasteiger partial charge in [0.05, 0.1) is 12.7 Å². The van der Waals surface area contributed by atoms with Crippen LogP contribution in [0.15, 0.2) is 71.1 Å². The van der Waals surface area contributed by atoms with Crippen molar-refractivity contribution >= 4 is 11.8 Å². The number of rotatable bonds is 7. The third-order valence-electron chi connectivity index (χ3n) is 4.21. The third kappa shape index (κ3) is 4.25. The maximum atomic E-state index is 13.1. The number of nitrogens with zero attached hydrogens (tertiary/aromatic N) is 5. The minimum atomic E-state index is -0.328. The zero-order valence-corrected chi connectivity index (χ0v) is 17.1. The fourth-order valence-corrected chi connectivity index (χ4v) is 3.63. The highest BCUT2D eigenvalue weighted by Gasteiger charge is 2.18. The Bertz CT molecular complexity index is 1150. The van der Waals surface area contributed by atoms with Gasteiger partial charge in [-0.05, 0) is 55.1 Å². The van der Waals surface area contributed by atoms with E-state index in [1.807, 2.05) is 35.8 Å². The van der Waals surface area contributed by atoms with Crippen molar-refractivity contribution in [1.82, 2.24) is 24.7 Å². The molecule has 0 N–H and O–H groups in total. The van der Waals surface area contributed by atoms with E-state index in [2.05, 4.69) is 20.2 Å². The molecule has 4 aromatic rings. The molecular formula is C21H18FN5O2S. The first-order valence-corrected chi connectivity index (χ1v) is 10.0. The Morgan fingerprint density at radius 1 is 1.03 bits per heavy atom. The predicted molar refractivity (Wildman–Crippen MR) is 110 cm³/mol. The summed E-state index contributed by atoms with van der Waals surface area (Å²) in [5.74, 6) is 1.94. The summed E-state index contributed by atoms with van der Waals surface area (Å²) in [6.07, 6.45) is 1.60. The second-order valence-corrected chi connectivity index (χ2v) is 7.02. The van der Waals surface area contributed by atoms with E-state index in [9.17, 15) is 4.39 Å². The molecular weight excluding hydrogens is 405 g/mol. The van der Waals surface area contributed by atoms with Crippen LogP contribution in [0.1, 0.15) is 6.92 Å². The number of methoxy groups -OCH3 is 1. The normalized spacial score (nSPS) is 10.8. The summed E-state index contributed by atoms with van der Waals surface area (Å²) < 4.78 is 26.2. The zero-order chi connectivity index (χ0) is 20.9. The smallest absolute Gasteiger partial charge is 0.223 e. The van der Waals surface area contributed by atoms with Gasteiger partial charge < -0.3 is 14.0 Å². The Kier molecular flexibility index (Phi) is 5.89. The molecule has 9 heteroatoms. The van der Waals surface area contributed by atoms with Crippen molar-refractivity contribution in [2.24, 2.45) is 0 Å². The molecule has 0 radical (unpaired) electrons. The van der Waals surface area contributed by atoms with Gasteiger partial charge >= 0.3 is 0 Å². The van der Waals surface area contributed by atoms with Crippen LogP contribution in [-0.4, -0.2) is 31.8 Å². The predicted octanol–water partition coefficient (Wildman–Crippen LogP) is 4.85. The van der Waals surface area contributed by atoms with Gasteiger partial charge in [0.2, 0.25) is 5.88 Å². The monoisotopic (exact) mass is 423 g/mol. The molecule has 152 valence electrons. The lowest BCUT2D eigenvalue weighted by atomic mass is 10.2. The van der Waals surface area contributed by atoms with E-state index in [0.29, 0.717) is 34.3 Å². The molecule has 0 fully saturated rings. The highest BCUT2D eigenvalue weighted by Crippen LogP contribution is 2.32. The largest absolute Gasteiger partial charge is 0.496 e. The van der Waals surface area contributed by atoms with Gasteiger partial charge in [-0.3, -0.25) is 0 Å². The fourth-order valence-electron chi connectivity index (χ4n) is 2.81. The molecule has 0 aliphatic heterocycles. The van der Waals surface area contributed by atoms with E-state index in [0.717, 1.165) is 11.3 Å². The average Bonchev–Trinajstić information content (AvgIpc) is 3.17. The molecule has 0 unspecified atom stereocenters. The Labute approximate surface area is 176 Å². The van der Waals surface area contributed by atoms with Gasteiger partial charge in [-0.2, -0.15) is 4.98 Å². The van der Waals surface area contributed by atoms with E-state index in [4.69, 9.17) is 9.47 Å². The lowest BCUT2D eigenvalue weighted by Crippen LogP contribution is -2.01. The minimum Gasteiger partial charge on any atom is -0.496 e. The van der Waals surface area contributed by atoms with Crippen LogP contribution in [0.5, 0.6) is 17.4 Å². The topological polar surface area (TPSA) is 75.0 Å². The summed E-state index contributed by atoms with van der Waals surface area (Å²) >= 11 is 1.28. The van der Waals surface area contributed by atoms with Gasteiger partial charge in [0.15, 0.2) is 16.1 Å². The van der Waals surface area contributed by atoms with Crippen LogP contribution >= 0.6 is 11.8 Å². The molecule has 0 saturated carbocycles. The molecule has 7 nitrogen and oxygen atoms in total. The highest BCUT2D eigenvalue weighted by atomic mass is 32.2. The van der Waals surface area contributed by atoms with Crippen molar-refractivity contribution in [2.45, 2.75) is 23.8 Å². The maximum absolute atomic E-state index is 13.1. The molecule has 0 spiro atoms. The molecule has 4 rings (SSSR count). The molecule has 2 heterocycles. The van der Waals surface area contributed by atoms with Crippen molar-refractivity contribution in [2.75, 3.05) is 7.11 Å². The van der Waals surface area contributed by atoms with Crippen LogP contribution < -0.4 is 9.47 Å². The first kappa shape index (κ1) is 19.8. The van der Waals surface area contributed by atoms with Crippen molar-refractivity contribution in [3.63, 3.8) is 0 Å². The van der Waals surface area contributed by atoms with Crippen LogP contribution in [-0.2, 0) is 6.54 Å². The fraction of sp³-hybridized carbons (Fsp3) is 0.143. The van der Waals surface area contributed by atoms with Crippen LogP contribution in [0, 0.1) is 5.82 Å². The lowest BCUT2D eigenvalue weighted by molar-refractivity contribution is 0.416. The summed E-state index contributed by atoms with van der Waals surface area (Å²) in [6.45, 7) is 2.68. The van der Waals surface area contributed by atoms with Crippen molar-refractivity contribution in [1.29, 1.82) is 0 Å². The van der Waals surface area contributed by atoms with Gasteiger partial charge in [0.25, 0.3) is 0 Å². The highest BCUT2D eigenvalue weighted by molar-refractivity contribution is 7.99.